The number of rotatable bonds is 3. The molecule has 4 heteroatoms. The summed E-state index contributed by atoms with van der Waals surface area (Å²) in [5.74, 6) is 2.58. The lowest BCUT2D eigenvalue weighted by Crippen LogP contribution is -2.51. The molecule has 1 N–H and O–H groups in total. The summed E-state index contributed by atoms with van der Waals surface area (Å²) in [5, 5.41) is 14.3. The molecule has 4 saturated carbocycles. The van der Waals surface area contributed by atoms with Crippen LogP contribution in [0.15, 0.2) is 24.5 Å². The predicted octanol–water partition coefficient (Wildman–Crippen LogP) is 2.27. The number of hydrogen-bond donors (Lipinski definition) is 1. The maximum absolute atomic E-state index is 12.2. The highest BCUT2D eigenvalue weighted by molar-refractivity contribution is 5.93. The van der Waals surface area contributed by atoms with Crippen molar-refractivity contribution in [1.82, 2.24) is 5.32 Å². The third-order valence-electron chi connectivity index (χ3n) is 5.83. The van der Waals surface area contributed by atoms with Crippen LogP contribution in [0.4, 0.5) is 0 Å². The molecule has 1 aromatic heterocycles. The van der Waals surface area contributed by atoms with E-state index in [0.717, 1.165) is 24.3 Å². The second kappa shape index (κ2) is 4.72. The highest BCUT2D eigenvalue weighted by Crippen LogP contribution is 2.59. The Kier molecular flexibility index (Phi) is 2.95. The van der Waals surface area contributed by atoms with E-state index in [9.17, 15) is 10.0 Å². The molecule has 0 atom stereocenters. The van der Waals surface area contributed by atoms with Crippen LogP contribution in [-0.2, 0) is 0 Å². The highest BCUT2D eigenvalue weighted by Gasteiger charge is 2.50. The van der Waals surface area contributed by atoms with Gasteiger partial charge in [0.25, 0.3) is 5.91 Å². The zero-order valence-corrected chi connectivity index (χ0v) is 12.3. The Balaban J connectivity index is 1.44. The van der Waals surface area contributed by atoms with Crippen LogP contribution >= 0.6 is 0 Å². The molecule has 112 valence electrons. The third kappa shape index (κ3) is 2.41. The molecule has 4 bridgehead atoms. The van der Waals surface area contributed by atoms with Gasteiger partial charge in [0.1, 0.15) is 5.56 Å². The van der Waals surface area contributed by atoms with Crippen molar-refractivity contribution < 1.29 is 9.52 Å². The van der Waals surface area contributed by atoms with Gasteiger partial charge in [-0.3, -0.25) is 4.79 Å². The van der Waals surface area contributed by atoms with E-state index in [2.05, 4.69) is 5.32 Å². The summed E-state index contributed by atoms with van der Waals surface area (Å²) in [6, 6.07) is 3.32. The predicted molar refractivity (Wildman–Crippen MR) is 78.3 cm³/mol. The van der Waals surface area contributed by atoms with Gasteiger partial charge in [0, 0.05) is 12.6 Å². The van der Waals surface area contributed by atoms with Gasteiger partial charge < -0.3 is 10.5 Å². The van der Waals surface area contributed by atoms with Crippen molar-refractivity contribution >= 4 is 5.91 Å². The Labute approximate surface area is 125 Å². The number of aromatic nitrogens is 1. The lowest BCUT2D eigenvalue weighted by molar-refractivity contribution is -0.605. The van der Waals surface area contributed by atoms with Crippen molar-refractivity contribution in [2.24, 2.45) is 23.2 Å². The first-order valence-electron chi connectivity index (χ1n) is 8.09. The zero-order valence-electron chi connectivity index (χ0n) is 12.3. The van der Waals surface area contributed by atoms with Crippen molar-refractivity contribution in [2.45, 2.75) is 38.5 Å². The van der Waals surface area contributed by atoms with Crippen LogP contribution in [0.25, 0.3) is 0 Å². The minimum Gasteiger partial charge on any atom is -0.619 e. The van der Waals surface area contributed by atoms with Crippen LogP contribution in [0, 0.1) is 28.4 Å². The fraction of sp³-hybridized carbons (Fsp3) is 0.647. The molecular weight excluding hydrogens is 264 g/mol. The fourth-order valence-electron chi connectivity index (χ4n) is 5.47. The van der Waals surface area contributed by atoms with Crippen LogP contribution in [0.3, 0.4) is 0 Å². The Bertz CT molecular complexity index is 534. The first-order chi connectivity index (χ1) is 10.1. The molecule has 0 aromatic carbocycles. The summed E-state index contributed by atoms with van der Waals surface area (Å²) >= 11 is 0. The first-order valence-corrected chi connectivity index (χ1v) is 8.09. The molecule has 1 heterocycles. The molecule has 4 aliphatic carbocycles. The summed E-state index contributed by atoms with van der Waals surface area (Å²) in [6.07, 6.45) is 10.9. The third-order valence-corrected chi connectivity index (χ3v) is 5.83. The van der Waals surface area contributed by atoms with Crippen molar-refractivity contribution in [1.29, 1.82) is 0 Å². The molecule has 0 unspecified atom stereocenters. The van der Waals surface area contributed by atoms with Gasteiger partial charge in [0.15, 0.2) is 12.4 Å². The summed E-state index contributed by atoms with van der Waals surface area (Å²) in [4.78, 5) is 12.2. The van der Waals surface area contributed by atoms with Crippen LogP contribution in [0.2, 0.25) is 0 Å². The van der Waals surface area contributed by atoms with Gasteiger partial charge in [0.2, 0.25) is 0 Å². The molecule has 0 spiro atoms. The minimum absolute atomic E-state index is 0.115. The number of nitrogens with one attached hydrogen (secondary N) is 1. The van der Waals surface area contributed by atoms with Gasteiger partial charge in [-0.25, -0.2) is 0 Å². The maximum Gasteiger partial charge on any atom is 0.257 e. The van der Waals surface area contributed by atoms with Gasteiger partial charge in [-0.05, 0) is 67.8 Å². The summed E-state index contributed by atoms with van der Waals surface area (Å²) in [6.45, 7) is 0.781. The van der Waals surface area contributed by atoms with E-state index < -0.39 is 0 Å². The van der Waals surface area contributed by atoms with E-state index in [4.69, 9.17) is 0 Å². The molecule has 1 aromatic rings. The van der Waals surface area contributed by atoms with E-state index in [1.54, 1.807) is 12.1 Å². The Morgan fingerprint density at radius 1 is 1.24 bits per heavy atom. The lowest BCUT2D eigenvalue weighted by atomic mass is 9.49. The zero-order chi connectivity index (χ0) is 14.4. The SMILES string of the molecule is O=C(NCC12CC3CC(CC(C3)C1)C2)c1ccc[n+]([O-])c1. The Morgan fingerprint density at radius 3 is 2.43 bits per heavy atom. The average molecular weight is 286 g/mol. The van der Waals surface area contributed by atoms with Crippen molar-refractivity contribution in [3.63, 3.8) is 0 Å². The second-order valence-corrected chi connectivity index (χ2v) is 7.55. The molecule has 1 amide bonds. The van der Waals surface area contributed by atoms with E-state index in [0.29, 0.717) is 15.7 Å². The number of pyridine rings is 1. The number of carbonyl (C=O) groups excluding carboxylic acids is 1. The van der Waals surface area contributed by atoms with Gasteiger partial charge in [-0.1, -0.05) is 0 Å². The molecule has 0 radical (unpaired) electrons. The van der Waals surface area contributed by atoms with Crippen molar-refractivity contribution in [3.05, 3.63) is 35.3 Å². The van der Waals surface area contributed by atoms with Crippen molar-refractivity contribution in [3.8, 4) is 0 Å². The summed E-state index contributed by atoms with van der Waals surface area (Å²) < 4.78 is 0.680. The Hall–Kier alpha value is -1.58. The summed E-state index contributed by atoms with van der Waals surface area (Å²) in [7, 11) is 0. The van der Waals surface area contributed by atoms with Gasteiger partial charge >= 0.3 is 0 Å². The van der Waals surface area contributed by atoms with Gasteiger partial charge in [0.05, 0.1) is 0 Å². The van der Waals surface area contributed by atoms with E-state index in [1.165, 1.54) is 50.9 Å². The first kappa shape index (κ1) is 13.1. The Morgan fingerprint density at radius 2 is 1.86 bits per heavy atom. The number of amides is 1. The van der Waals surface area contributed by atoms with E-state index >= 15 is 0 Å². The lowest BCUT2D eigenvalue weighted by Gasteiger charge is -2.56. The molecule has 21 heavy (non-hydrogen) atoms. The smallest absolute Gasteiger partial charge is 0.257 e. The molecule has 0 saturated heterocycles. The molecular formula is C17H22N2O2. The molecule has 5 rings (SSSR count). The molecule has 4 aliphatic rings. The van der Waals surface area contributed by atoms with Crippen LogP contribution in [0.5, 0.6) is 0 Å². The van der Waals surface area contributed by atoms with Crippen LogP contribution < -0.4 is 10.0 Å². The fourth-order valence-corrected chi connectivity index (χ4v) is 5.47. The monoisotopic (exact) mass is 286 g/mol. The quantitative estimate of drug-likeness (QED) is 0.684. The van der Waals surface area contributed by atoms with Crippen molar-refractivity contribution in [2.75, 3.05) is 6.54 Å². The van der Waals surface area contributed by atoms with Crippen LogP contribution in [-0.4, -0.2) is 12.5 Å². The maximum atomic E-state index is 12.2. The molecule has 4 fully saturated rings. The van der Waals surface area contributed by atoms with E-state index in [-0.39, 0.29) is 5.91 Å². The minimum atomic E-state index is -0.115. The molecule has 4 nitrogen and oxygen atoms in total. The summed E-state index contributed by atoms with van der Waals surface area (Å²) in [5.41, 5.74) is 0.796. The normalized spacial score (nSPS) is 36.7. The topological polar surface area (TPSA) is 56.0 Å². The number of carbonyl (C=O) groups is 1. The van der Waals surface area contributed by atoms with E-state index in [1.807, 2.05) is 0 Å². The van der Waals surface area contributed by atoms with Gasteiger partial charge in [-0.2, -0.15) is 4.73 Å². The largest absolute Gasteiger partial charge is 0.619 e. The second-order valence-electron chi connectivity index (χ2n) is 7.55. The average Bonchev–Trinajstić information content (AvgIpc) is 2.43. The molecule has 0 aliphatic heterocycles. The van der Waals surface area contributed by atoms with Crippen LogP contribution in [0.1, 0.15) is 48.9 Å². The number of nitrogens with zero attached hydrogens (tertiary/aromatic N) is 1. The highest BCUT2D eigenvalue weighted by atomic mass is 16.5. The standard InChI is InChI=1S/C17H22N2O2/c20-16(15-2-1-3-19(21)10-15)18-11-17-7-12-4-13(8-17)6-14(5-12)9-17/h1-3,10,12-14H,4-9,11H2,(H,18,20). The van der Waals surface area contributed by atoms with Gasteiger partial charge in [-0.15, -0.1) is 0 Å². The number of hydrogen-bond acceptors (Lipinski definition) is 2.